The van der Waals surface area contributed by atoms with Crippen LogP contribution in [0.5, 0.6) is 11.5 Å². The maximum atomic E-state index is 5.31. The van der Waals surface area contributed by atoms with E-state index in [0.717, 1.165) is 17.4 Å². The van der Waals surface area contributed by atoms with E-state index in [2.05, 4.69) is 19.1 Å². The average molecular weight is 240 g/mol. The van der Waals surface area contributed by atoms with E-state index in [9.17, 15) is 0 Å². The molecule has 0 saturated carbocycles. The Morgan fingerprint density at radius 2 is 1.81 bits per heavy atom. The molecule has 1 atom stereocenters. The first kappa shape index (κ1) is 13.2. The van der Waals surface area contributed by atoms with E-state index >= 15 is 0 Å². The number of ether oxygens (including phenoxy) is 2. The zero-order valence-corrected chi connectivity index (χ0v) is 11.2. The molecule has 0 aliphatic heterocycles. The van der Waals surface area contributed by atoms with Gasteiger partial charge in [-0.25, -0.2) is 0 Å². The number of methoxy groups -OCH3 is 2. The number of benzene rings is 1. The molecule has 0 radical (unpaired) electrons. The van der Waals surface area contributed by atoms with Crippen molar-refractivity contribution < 1.29 is 9.47 Å². The van der Waals surface area contributed by atoms with Crippen molar-refractivity contribution in [1.29, 1.82) is 0 Å². The van der Waals surface area contributed by atoms with Crippen molar-refractivity contribution >= 4 is 13.5 Å². The topological polar surface area (TPSA) is 18.5 Å². The molecule has 0 heterocycles. The molecule has 90 valence electrons. The van der Waals surface area contributed by atoms with Gasteiger partial charge in [0.2, 0.25) is 0 Å². The van der Waals surface area contributed by atoms with Crippen molar-refractivity contribution in [2.45, 2.75) is 32.1 Å². The third-order valence-corrected chi connectivity index (χ3v) is 3.19. The van der Waals surface area contributed by atoms with E-state index in [0.29, 0.717) is 0 Å². The van der Waals surface area contributed by atoms with E-state index < -0.39 is 0 Å². The highest BCUT2D eigenvalue weighted by Gasteiger charge is 2.27. The molecule has 0 N–H and O–H groups in total. The molecule has 2 rings (SSSR count). The van der Waals surface area contributed by atoms with Gasteiger partial charge in [-0.05, 0) is 42.0 Å². The molecule has 1 aromatic carbocycles. The first-order valence-electron chi connectivity index (χ1n) is 5.55. The summed E-state index contributed by atoms with van der Waals surface area (Å²) >= 11 is 0. The van der Waals surface area contributed by atoms with Crippen LogP contribution < -0.4 is 9.47 Å². The van der Waals surface area contributed by atoms with Crippen LogP contribution in [0.3, 0.4) is 0 Å². The predicted molar refractivity (Wildman–Crippen MR) is 71.3 cm³/mol. The highest BCUT2D eigenvalue weighted by atomic mass is 32.1. The van der Waals surface area contributed by atoms with Crippen LogP contribution in [0, 0.1) is 0 Å². The van der Waals surface area contributed by atoms with Crippen molar-refractivity contribution in [3.8, 4) is 11.5 Å². The standard InChI is InChI=1S/C13H18O2.H2S/c1-4-5-9-6-10-7-12(14-2)13(15-3)8-11(9)10;/h7-9H,4-6H2,1-3H3;1H2/t9-;/m0./s1. The number of fused-ring (bicyclic) bond motifs is 1. The fourth-order valence-electron chi connectivity index (χ4n) is 2.34. The van der Waals surface area contributed by atoms with Gasteiger partial charge in [0.05, 0.1) is 14.2 Å². The summed E-state index contributed by atoms with van der Waals surface area (Å²) in [5.41, 5.74) is 2.88. The zero-order valence-electron chi connectivity index (χ0n) is 10.2. The fraction of sp³-hybridized carbons (Fsp3) is 0.538. The summed E-state index contributed by atoms with van der Waals surface area (Å²) in [4.78, 5) is 0. The fourth-order valence-corrected chi connectivity index (χ4v) is 2.34. The van der Waals surface area contributed by atoms with Gasteiger partial charge >= 0.3 is 0 Å². The second kappa shape index (κ2) is 5.48. The molecule has 0 bridgehead atoms. The van der Waals surface area contributed by atoms with E-state index in [1.54, 1.807) is 14.2 Å². The molecular weight excluding hydrogens is 220 g/mol. The van der Waals surface area contributed by atoms with Crippen LogP contribution in [0.15, 0.2) is 12.1 Å². The first-order chi connectivity index (χ1) is 7.30. The third-order valence-electron chi connectivity index (χ3n) is 3.19. The van der Waals surface area contributed by atoms with E-state index in [-0.39, 0.29) is 13.5 Å². The van der Waals surface area contributed by atoms with Crippen LogP contribution in [0.4, 0.5) is 0 Å². The van der Waals surface area contributed by atoms with Gasteiger partial charge in [-0.3, -0.25) is 0 Å². The van der Waals surface area contributed by atoms with Crippen molar-refractivity contribution in [3.63, 3.8) is 0 Å². The maximum Gasteiger partial charge on any atom is 0.161 e. The van der Waals surface area contributed by atoms with Gasteiger partial charge in [0, 0.05) is 0 Å². The van der Waals surface area contributed by atoms with E-state index in [4.69, 9.17) is 9.47 Å². The Hall–Kier alpha value is -0.830. The molecule has 0 amide bonds. The Morgan fingerprint density at radius 1 is 1.19 bits per heavy atom. The molecule has 0 unspecified atom stereocenters. The lowest BCUT2D eigenvalue weighted by atomic mass is 9.75. The third kappa shape index (κ3) is 2.14. The summed E-state index contributed by atoms with van der Waals surface area (Å²) in [6, 6.07) is 4.25. The number of rotatable bonds is 4. The van der Waals surface area contributed by atoms with E-state index in [1.165, 1.54) is 30.4 Å². The molecule has 0 aromatic heterocycles. The first-order valence-corrected chi connectivity index (χ1v) is 5.55. The second-order valence-corrected chi connectivity index (χ2v) is 4.10. The Kier molecular flexibility index (Phi) is 4.54. The van der Waals surface area contributed by atoms with Crippen LogP contribution in [0.25, 0.3) is 0 Å². The van der Waals surface area contributed by atoms with Crippen molar-refractivity contribution in [1.82, 2.24) is 0 Å². The largest absolute Gasteiger partial charge is 0.493 e. The molecule has 1 aliphatic rings. The summed E-state index contributed by atoms with van der Waals surface area (Å²) < 4.78 is 10.6. The average Bonchev–Trinajstić information content (AvgIpc) is 2.25. The van der Waals surface area contributed by atoms with Gasteiger partial charge in [0.1, 0.15) is 0 Å². The molecule has 0 fully saturated rings. The van der Waals surface area contributed by atoms with Crippen LogP contribution in [-0.2, 0) is 6.42 Å². The van der Waals surface area contributed by atoms with Crippen molar-refractivity contribution in [2.75, 3.05) is 14.2 Å². The predicted octanol–water partition coefficient (Wildman–Crippen LogP) is 3.26. The summed E-state index contributed by atoms with van der Waals surface area (Å²) in [5, 5.41) is 0. The van der Waals surface area contributed by atoms with Crippen molar-refractivity contribution in [2.24, 2.45) is 0 Å². The van der Waals surface area contributed by atoms with Gasteiger partial charge in [-0.1, -0.05) is 13.3 Å². The minimum atomic E-state index is 0. The maximum absolute atomic E-state index is 5.31. The quantitative estimate of drug-likeness (QED) is 0.804. The summed E-state index contributed by atoms with van der Waals surface area (Å²) in [6.45, 7) is 2.23. The SMILES string of the molecule is CCC[C@H]1Cc2cc(OC)c(OC)cc21.S. The minimum Gasteiger partial charge on any atom is -0.493 e. The molecule has 0 saturated heterocycles. The monoisotopic (exact) mass is 240 g/mol. The van der Waals surface area contributed by atoms with Crippen LogP contribution in [-0.4, -0.2) is 14.2 Å². The van der Waals surface area contributed by atoms with Crippen LogP contribution in [0.1, 0.15) is 36.8 Å². The second-order valence-electron chi connectivity index (χ2n) is 4.10. The van der Waals surface area contributed by atoms with Gasteiger partial charge in [-0.15, -0.1) is 0 Å². The van der Waals surface area contributed by atoms with Gasteiger partial charge < -0.3 is 9.47 Å². The lowest BCUT2D eigenvalue weighted by molar-refractivity contribution is 0.351. The number of hydrogen-bond donors (Lipinski definition) is 0. The highest BCUT2D eigenvalue weighted by Crippen LogP contribution is 2.44. The van der Waals surface area contributed by atoms with Crippen LogP contribution >= 0.6 is 13.5 Å². The van der Waals surface area contributed by atoms with Gasteiger partial charge in [0.25, 0.3) is 0 Å². The minimum absolute atomic E-state index is 0. The normalized spacial score (nSPS) is 16.8. The Morgan fingerprint density at radius 3 is 2.38 bits per heavy atom. The molecule has 0 spiro atoms. The lowest BCUT2D eigenvalue weighted by Gasteiger charge is -2.31. The van der Waals surface area contributed by atoms with Gasteiger partial charge in [-0.2, -0.15) is 13.5 Å². The molecule has 1 aliphatic carbocycles. The van der Waals surface area contributed by atoms with Gasteiger partial charge in [0.15, 0.2) is 11.5 Å². The Balaban J connectivity index is 0.00000128. The lowest BCUT2D eigenvalue weighted by Crippen LogP contribution is -2.17. The summed E-state index contributed by atoms with van der Waals surface area (Å²) in [6.07, 6.45) is 3.73. The summed E-state index contributed by atoms with van der Waals surface area (Å²) in [7, 11) is 3.38. The summed E-state index contributed by atoms with van der Waals surface area (Å²) in [5.74, 6) is 2.45. The highest BCUT2D eigenvalue weighted by molar-refractivity contribution is 7.59. The number of hydrogen-bond acceptors (Lipinski definition) is 2. The molecule has 16 heavy (non-hydrogen) atoms. The van der Waals surface area contributed by atoms with Crippen molar-refractivity contribution in [3.05, 3.63) is 23.3 Å². The smallest absolute Gasteiger partial charge is 0.161 e. The Bertz CT molecular complexity index is 363. The molecule has 2 nitrogen and oxygen atoms in total. The van der Waals surface area contributed by atoms with E-state index in [1.807, 2.05) is 0 Å². The Labute approximate surface area is 104 Å². The molecular formula is C13H20O2S. The zero-order chi connectivity index (χ0) is 10.8. The molecule has 1 aromatic rings. The van der Waals surface area contributed by atoms with Crippen LogP contribution in [0.2, 0.25) is 0 Å². The molecule has 3 heteroatoms.